The summed E-state index contributed by atoms with van der Waals surface area (Å²) in [5, 5.41) is 13.6. The molecule has 0 unspecified atom stereocenters. The van der Waals surface area contributed by atoms with Crippen LogP contribution in [0.2, 0.25) is 0 Å². The van der Waals surface area contributed by atoms with Gasteiger partial charge in [-0.2, -0.15) is 0 Å². The third-order valence-electron chi connectivity index (χ3n) is 7.68. The number of hydrogen-bond acceptors (Lipinski definition) is 10. The van der Waals surface area contributed by atoms with Crippen LogP contribution >= 0.6 is 22.7 Å². The van der Waals surface area contributed by atoms with Gasteiger partial charge in [0, 0.05) is 36.9 Å². The zero-order valence-electron chi connectivity index (χ0n) is 25.5. The molecule has 2 aliphatic heterocycles. The van der Waals surface area contributed by atoms with Gasteiger partial charge in [-0.25, -0.2) is 9.97 Å². The highest BCUT2D eigenvalue weighted by Gasteiger charge is 2.28. The van der Waals surface area contributed by atoms with Crippen LogP contribution in [0.25, 0.3) is 0 Å². The summed E-state index contributed by atoms with van der Waals surface area (Å²) in [7, 11) is 0. The number of ether oxygens (including phenoxy) is 1. The largest absolute Gasteiger partial charge is 0.379 e. The SMILES string of the molecule is CC(C)[C@@H]1NC(=O)c2csc(n2)[C@H](Cc2ccccc2)NC(=O)CN(C(=O)CN2CCOCC2)CCCNC(=O)c2csc1n2. The Labute approximate surface area is 270 Å². The van der Waals surface area contributed by atoms with E-state index in [2.05, 4.69) is 25.9 Å². The highest BCUT2D eigenvalue weighted by atomic mass is 32.1. The van der Waals surface area contributed by atoms with Gasteiger partial charge in [-0.1, -0.05) is 44.2 Å². The lowest BCUT2D eigenvalue weighted by atomic mass is 10.0. The Morgan fingerprint density at radius 3 is 2.38 bits per heavy atom. The number of fused-ring (bicyclic) bond motifs is 4. The molecule has 45 heavy (non-hydrogen) atoms. The number of carbonyl (C=O) groups excluding carboxylic acids is 4. The first kappa shape index (κ1) is 32.7. The number of nitrogens with one attached hydrogen (secondary N) is 3. The molecule has 2 atom stereocenters. The molecule has 240 valence electrons. The topological polar surface area (TPSA) is 146 Å². The molecule has 3 N–H and O–H groups in total. The molecule has 4 amide bonds. The fourth-order valence-corrected chi connectivity index (χ4v) is 7.05. The Balaban J connectivity index is 1.42. The molecule has 4 heterocycles. The van der Waals surface area contributed by atoms with Gasteiger partial charge in [0.1, 0.15) is 21.4 Å². The zero-order chi connectivity index (χ0) is 31.8. The second-order valence-electron chi connectivity index (χ2n) is 11.5. The van der Waals surface area contributed by atoms with Gasteiger partial charge in [0.25, 0.3) is 11.8 Å². The van der Waals surface area contributed by atoms with Gasteiger partial charge in [-0.15, -0.1) is 22.7 Å². The van der Waals surface area contributed by atoms with Crippen LogP contribution in [0.4, 0.5) is 0 Å². The van der Waals surface area contributed by atoms with Crippen molar-refractivity contribution < 1.29 is 23.9 Å². The van der Waals surface area contributed by atoms with Gasteiger partial charge in [-0.05, 0) is 24.3 Å². The third kappa shape index (κ3) is 8.93. The molecule has 1 saturated heterocycles. The van der Waals surface area contributed by atoms with Crippen molar-refractivity contribution in [1.29, 1.82) is 0 Å². The Bertz CT molecular complexity index is 1470. The standard InChI is InChI=1S/C31H39N7O5S2/c1-20(2)27-31-35-23(18-45-31)28(41)32-9-6-10-38(26(40)17-37-11-13-43-14-12-37)16-25(39)33-22(15-21-7-4-3-5-8-21)30-34-24(19-44-30)29(42)36-27/h3-5,7-8,18-20,22,27H,6,9-17H2,1-2H3,(H,32,41)(H,33,39)(H,36,42)/t22-,27-/m0/s1. The second kappa shape index (κ2) is 15.5. The Kier molecular flexibility index (Phi) is 11.3. The van der Waals surface area contributed by atoms with Gasteiger partial charge >= 0.3 is 0 Å². The van der Waals surface area contributed by atoms with Crippen LogP contribution in [-0.2, 0) is 20.7 Å². The zero-order valence-corrected chi connectivity index (χ0v) is 27.1. The van der Waals surface area contributed by atoms with Crippen molar-refractivity contribution in [3.05, 3.63) is 68.1 Å². The lowest BCUT2D eigenvalue weighted by Gasteiger charge is -2.30. The summed E-state index contributed by atoms with van der Waals surface area (Å²) in [5.74, 6) is -1.18. The maximum Gasteiger partial charge on any atom is 0.271 e. The first-order chi connectivity index (χ1) is 21.8. The van der Waals surface area contributed by atoms with Crippen LogP contribution in [0.5, 0.6) is 0 Å². The molecule has 14 heteroatoms. The van der Waals surface area contributed by atoms with E-state index in [4.69, 9.17) is 4.74 Å². The van der Waals surface area contributed by atoms with Crippen molar-refractivity contribution in [2.24, 2.45) is 5.92 Å². The Hall–Kier alpha value is -3.72. The lowest BCUT2D eigenvalue weighted by Crippen LogP contribution is -2.48. The van der Waals surface area contributed by atoms with E-state index in [1.807, 2.05) is 49.1 Å². The molecule has 3 aromatic rings. The normalized spacial score (nSPS) is 20.9. The maximum atomic E-state index is 13.5. The average molecular weight is 654 g/mol. The van der Waals surface area contributed by atoms with E-state index in [9.17, 15) is 19.2 Å². The average Bonchev–Trinajstić information content (AvgIpc) is 3.72. The maximum absolute atomic E-state index is 13.5. The molecule has 4 bridgehead atoms. The Morgan fingerprint density at radius 2 is 1.64 bits per heavy atom. The molecular weight excluding hydrogens is 615 g/mol. The van der Waals surface area contributed by atoms with Crippen LogP contribution in [0.3, 0.4) is 0 Å². The van der Waals surface area contributed by atoms with E-state index in [0.717, 1.165) is 5.56 Å². The van der Waals surface area contributed by atoms with E-state index in [1.54, 1.807) is 15.7 Å². The molecular formula is C31H39N7O5S2. The predicted molar refractivity (Wildman–Crippen MR) is 171 cm³/mol. The summed E-state index contributed by atoms with van der Waals surface area (Å²) in [5.41, 5.74) is 1.51. The molecule has 1 aromatic carbocycles. The van der Waals surface area contributed by atoms with Crippen LogP contribution in [0, 0.1) is 5.92 Å². The van der Waals surface area contributed by atoms with E-state index in [1.165, 1.54) is 22.7 Å². The van der Waals surface area contributed by atoms with Crippen molar-refractivity contribution in [1.82, 2.24) is 35.7 Å². The number of thiazole rings is 2. The number of nitrogens with zero attached hydrogens (tertiary/aromatic N) is 4. The van der Waals surface area contributed by atoms with E-state index >= 15 is 0 Å². The van der Waals surface area contributed by atoms with E-state index in [-0.39, 0.29) is 60.6 Å². The molecule has 5 rings (SSSR count). The quantitative estimate of drug-likeness (QED) is 0.381. The molecule has 1 fully saturated rings. The minimum atomic E-state index is -0.508. The van der Waals surface area contributed by atoms with Crippen LogP contribution < -0.4 is 16.0 Å². The van der Waals surface area contributed by atoms with Gasteiger partial charge in [0.15, 0.2) is 0 Å². The summed E-state index contributed by atoms with van der Waals surface area (Å²) >= 11 is 2.62. The number of rotatable bonds is 5. The first-order valence-corrected chi connectivity index (χ1v) is 16.9. The molecule has 0 spiro atoms. The summed E-state index contributed by atoms with van der Waals surface area (Å²) < 4.78 is 5.41. The number of amides is 4. The van der Waals surface area contributed by atoms with Gasteiger partial charge in [-0.3, -0.25) is 24.1 Å². The second-order valence-corrected chi connectivity index (χ2v) is 13.2. The fraction of sp³-hybridized carbons (Fsp3) is 0.484. The highest BCUT2D eigenvalue weighted by molar-refractivity contribution is 7.10. The number of hydrogen-bond donors (Lipinski definition) is 3. The fourth-order valence-electron chi connectivity index (χ4n) is 5.18. The van der Waals surface area contributed by atoms with Crippen LogP contribution in [-0.4, -0.2) is 95.9 Å². The monoisotopic (exact) mass is 653 g/mol. The number of benzene rings is 1. The first-order valence-electron chi connectivity index (χ1n) is 15.2. The molecule has 0 radical (unpaired) electrons. The predicted octanol–water partition coefficient (Wildman–Crippen LogP) is 2.42. The Morgan fingerprint density at radius 1 is 0.956 bits per heavy atom. The third-order valence-corrected chi connectivity index (χ3v) is 9.57. The summed E-state index contributed by atoms with van der Waals surface area (Å²) in [6, 6.07) is 8.82. The summed E-state index contributed by atoms with van der Waals surface area (Å²) in [4.78, 5) is 66.0. The molecule has 2 aliphatic rings. The minimum Gasteiger partial charge on any atom is -0.379 e. The van der Waals surface area contributed by atoms with Crippen molar-refractivity contribution in [2.75, 3.05) is 52.5 Å². The highest BCUT2D eigenvalue weighted by Crippen LogP contribution is 2.27. The van der Waals surface area contributed by atoms with Crippen molar-refractivity contribution >= 4 is 46.3 Å². The molecule has 2 aromatic heterocycles. The van der Waals surface area contributed by atoms with Crippen LogP contribution in [0.1, 0.15) is 68.9 Å². The summed E-state index contributed by atoms with van der Waals surface area (Å²) in [6.07, 6.45) is 0.921. The lowest BCUT2D eigenvalue weighted by molar-refractivity contribution is -0.138. The van der Waals surface area contributed by atoms with E-state index < -0.39 is 12.1 Å². The van der Waals surface area contributed by atoms with Gasteiger partial charge in [0.2, 0.25) is 11.8 Å². The minimum absolute atomic E-state index is 0.00863. The van der Waals surface area contributed by atoms with E-state index in [0.29, 0.717) is 55.7 Å². The number of carbonyl (C=O) groups is 4. The smallest absolute Gasteiger partial charge is 0.271 e. The van der Waals surface area contributed by atoms with Crippen molar-refractivity contribution in [2.45, 2.75) is 38.8 Å². The number of morpholine rings is 1. The van der Waals surface area contributed by atoms with Crippen molar-refractivity contribution in [3.63, 3.8) is 0 Å². The molecule has 0 aliphatic carbocycles. The molecule has 0 saturated carbocycles. The number of aromatic nitrogens is 2. The van der Waals surface area contributed by atoms with Gasteiger partial charge in [0.05, 0.1) is 38.4 Å². The van der Waals surface area contributed by atoms with Crippen LogP contribution in [0.15, 0.2) is 41.1 Å². The summed E-state index contributed by atoms with van der Waals surface area (Å²) in [6.45, 7) is 7.00. The van der Waals surface area contributed by atoms with Crippen molar-refractivity contribution in [3.8, 4) is 0 Å². The molecule has 12 nitrogen and oxygen atoms in total. The van der Waals surface area contributed by atoms with Gasteiger partial charge < -0.3 is 25.6 Å².